The monoisotopic (exact) mass is 572 g/mol. The first-order chi connectivity index (χ1) is 20.4. The molecule has 5 saturated carbocycles. The number of carbonyl (C=O) groups is 1. The molecule has 2 amide bonds. The van der Waals surface area contributed by atoms with Crippen molar-refractivity contribution in [2.45, 2.75) is 108 Å². The van der Waals surface area contributed by atoms with E-state index in [0.717, 1.165) is 80.2 Å². The molecule has 10 heteroatoms. The Labute approximate surface area is 246 Å². The van der Waals surface area contributed by atoms with Crippen molar-refractivity contribution in [3.05, 3.63) is 41.8 Å². The first-order valence-corrected chi connectivity index (χ1v) is 15.9. The van der Waals surface area contributed by atoms with E-state index in [2.05, 4.69) is 15.3 Å². The molecule has 0 radical (unpaired) electrons. The SMILES string of the molecule is CC1CN(C(=O)N(CC23CCC(c4nc(C5CC5)no4)(CC2)CC3)c2cccc(-c3nc(C4CC4)no3)c2)CC(C)O1. The average Bonchev–Trinajstić information content (AvgIpc) is 3.94. The zero-order valence-corrected chi connectivity index (χ0v) is 24.6. The second-order valence-corrected chi connectivity index (χ2v) is 13.8. The highest BCUT2D eigenvalue weighted by Crippen LogP contribution is 2.58. The van der Waals surface area contributed by atoms with Crippen LogP contribution in [0, 0.1) is 5.41 Å². The standard InChI is InChI=1S/C32H40N6O4/c1-20-17-37(18-21(2)40-20)30(39)38(25-5-3-4-24(16-25)28-33-26(35-41-28)22-6-7-22)19-31-10-13-32(14-11-31,15-12-31)29-34-27(36-42-29)23-8-9-23/h3-5,16,20-23H,6-15,17-19H2,1-2H3. The van der Waals surface area contributed by atoms with Crippen LogP contribution < -0.4 is 4.90 Å². The molecule has 6 fully saturated rings. The topological polar surface area (TPSA) is 111 Å². The van der Waals surface area contributed by atoms with Crippen molar-refractivity contribution in [1.82, 2.24) is 25.2 Å². The second kappa shape index (κ2) is 9.89. The second-order valence-electron chi connectivity index (χ2n) is 13.8. The fourth-order valence-electron chi connectivity index (χ4n) is 7.55. The third-order valence-electron chi connectivity index (χ3n) is 10.4. The van der Waals surface area contributed by atoms with Crippen LogP contribution in [0.4, 0.5) is 10.5 Å². The lowest BCUT2D eigenvalue weighted by atomic mass is 9.53. The number of hydrogen-bond acceptors (Lipinski definition) is 8. The van der Waals surface area contributed by atoms with Crippen molar-refractivity contribution in [1.29, 1.82) is 0 Å². The van der Waals surface area contributed by atoms with Crippen molar-refractivity contribution < 1.29 is 18.6 Å². The number of morpholine rings is 1. The summed E-state index contributed by atoms with van der Waals surface area (Å²) in [6.45, 7) is 5.94. The molecule has 0 spiro atoms. The number of benzene rings is 1. The Morgan fingerprint density at radius 1 is 0.905 bits per heavy atom. The summed E-state index contributed by atoms with van der Waals surface area (Å²) in [5, 5.41) is 8.55. The van der Waals surface area contributed by atoms with Crippen LogP contribution in [0.15, 0.2) is 33.3 Å². The van der Waals surface area contributed by atoms with Gasteiger partial charge in [0.25, 0.3) is 5.89 Å². The molecule has 5 aliphatic carbocycles. The highest BCUT2D eigenvalue weighted by molar-refractivity contribution is 5.93. The maximum absolute atomic E-state index is 14.4. The third kappa shape index (κ3) is 4.81. The van der Waals surface area contributed by atoms with Crippen LogP contribution in [0.5, 0.6) is 0 Å². The highest BCUT2D eigenvalue weighted by atomic mass is 16.5. The quantitative estimate of drug-likeness (QED) is 0.329. The van der Waals surface area contributed by atoms with Gasteiger partial charge in [0, 0.05) is 48.1 Å². The molecule has 2 unspecified atom stereocenters. The molecular weight excluding hydrogens is 532 g/mol. The van der Waals surface area contributed by atoms with Crippen molar-refractivity contribution in [3.63, 3.8) is 0 Å². The van der Waals surface area contributed by atoms with E-state index >= 15 is 0 Å². The predicted molar refractivity (Wildman–Crippen MR) is 154 cm³/mol. The van der Waals surface area contributed by atoms with Gasteiger partial charge in [0.05, 0.1) is 12.2 Å². The molecule has 1 aromatic carbocycles. The molecule has 10 nitrogen and oxygen atoms in total. The molecule has 6 aliphatic rings. The number of nitrogens with zero attached hydrogens (tertiary/aromatic N) is 6. The molecule has 9 rings (SSSR count). The number of anilines is 1. The van der Waals surface area contributed by atoms with Gasteiger partial charge in [0.2, 0.25) is 5.89 Å². The number of urea groups is 1. The molecule has 2 aromatic heterocycles. The summed E-state index contributed by atoms with van der Waals surface area (Å²) in [7, 11) is 0. The smallest absolute Gasteiger partial charge is 0.324 e. The largest absolute Gasteiger partial charge is 0.372 e. The first kappa shape index (κ1) is 26.4. The number of carbonyl (C=O) groups excluding carboxylic acids is 1. The first-order valence-electron chi connectivity index (χ1n) is 15.9. The predicted octanol–water partition coefficient (Wildman–Crippen LogP) is 6.20. The number of fused-ring (bicyclic) bond motifs is 3. The molecule has 3 aromatic rings. The van der Waals surface area contributed by atoms with E-state index in [9.17, 15) is 4.79 Å². The maximum Gasteiger partial charge on any atom is 0.324 e. The van der Waals surface area contributed by atoms with Crippen molar-refractivity contribution in [2.75, 3.05) is 24.5 Å². The Morgan fingerprint density at radius 2 is 1.55 bits per heavy atom. The van der Waals surface area contributed by atoms with Crippen LogP contribution in [0.3, 0.4) is 0 Å². The molecule has 222 valence electrons. The summed E-state index contributed by atoms with van der Waals surface area (Å²) in [5.74, 6) is 3.97. The van der Waals surface area contributed by atoms with E-state index in [1.54, 1.807) is 0 Å². The Balaban J connectivity index is 1.07. The Hall–Kier alpha value is -3.27. The summed E-state index contributed by atoms with van der Waals surface area (Å²) < 4.78 is 17.5. The summed E-state index contributed by atoms with van der Waals surface area (Å²) in [6, 6.07) is 8.11. The van der Waals surface area contributed by atoms with E-state index in [0.29, 0.717) is 37.4 Å². The van der Waals surface area contributed by atoms with Gasteiger partial charge in [0.1, 0.15) is 0 Å². The summed E-state index contributed by atoms with van der Waals surface area (Å²) in [4.78, 5) is 27.9. The van der Waals surface area contributed by atoms with Gasteiger partial charge < -0.3 is 18.7 Å². The van der Waals surface area contributed by atoms with Crippen LogP contribution in [-0.2, 0) is 10.2 Å². The molecular formula is C32H40N6O4. The minimum absolute atomic E-state index is 0.00296. The zero-order chi connectivity index (χ0) is 28.5. The van der Waals surface area contributed by atoms with Gasteiger partial charge in [-0.25, -0.2) is 4.79 Å². The van der Waals surface area contributed by atoms with Crippen LogP contribution in [0.1, 0.15) is 107 Å². The fourth-order valence-corrected chi connectivity index (χ4v) is 7.55. The molecule has 3 heterocycles. The lowest BCUT2D eigenvalue weighted by Gasteiger charge is -2.53. The maximum atomic E-state index is 14.4. The number of ether oxygens (including phenoxy) is 1. The third-order valence-corrected chi connectivity index (χ3v) is 10.4. The van der Waals surface area contributed by atoms with Gasteiger partial charge in [0.15, 0.2) is 11.6 Å². The van der Waals surface area contributed by atoms with E-state index in [1.165, 1.54) is 12.8 Å². The minimum Gasteiger partial charge on any atom is -0.372 e. The van der Waals surface area contributed by atoms with Gasteiger partial charge >= 0.3 is 6.03 Å². The van der Waals surface area contributed by atoms with Gasteiger partial charge in [-0.15, -0.1) is 0 Å². The van der Waals surface area contributed by atoms with Crippen molar-refractivity contribution in [2.24, 2.45) is 5.41 Å². The number of hydrogen-bond donors (Lipinski definition) is 0. The van der Waals surface area contributed by atoms with Gasteiger partial charge in [-0.2, -0.15) is 9.97 Å². The van der Waals surface area contributed by atoms with Gasteiger partial charge in [-0.3, -0.25) is 4.90 Å². The highest BCUT2D eigenvalue weighted by Gasteiger charge is 2.53. The lowest BCUT2D eigenvalue weighted by molar-refractivity contribution is -0.0541. The van der Waals surface area contributed by atoms with Gasteiger partial charge in [-0.1, -0.05) is 16.4 Å². The van der Waals surface area contributed by atoms with Crippen LogP contribution in [0.25, 0.3) is 11.5 Å². The molecule has 0 N–H and O–H groups in total. The molecule has 2 atom stereocenters. The lowest BCUT2D eigenvalue weighted by Crippen LogP contribution is -2.56. The van der Waals surface area contributed by atoms with Crippen LogP contribution >= 0.6 is 0 Å². The minimum atomic E-state index is -0.0110. The fraction of sp³-hybridized carbons (Fsp3) is 0.656. The van der Waals surface area contributed by atoms with Crippen molar-refractivity contribution >= 4 is 11.7 Å². The summed E-state index contributed by atoms with van der Waals surface area (Å²) in [5.41, 5.74) is 1.77. The molecule has 1 saturated heterocycles. The van der Waals surface area contributed by atoms with E-state index in [4.69, 9.17) is 18.8 Å². The number of amides is 2. The number of aromatic nitrogens is 4. The molecule has 1 aliphatic heterocycles. The van der Waals surface area contributed by atoms with E-state index in [-0.39, 0.29) is 29.1 Å². The van der Waals surface area contributed by atoms with Crippen molar-refractivity contribution in [3.8, 4) is 11.5 Å². The zero-order valence-electron chi connectivity index (χ0n) is 24.6. The molecule has 42 heavy (non-hydrogen) atoms. The molecule has 2 bridgehead atoms. The summed E-state index contributed by atoms with van der Waals surface area (Å²) in [6.07, 6.45) is 10.8. The Kier molecular flexibility index (Phi) is 6.21. The Morgan fingerprint density at radius 3 is 2.21 bits per heavy atom. The van der Waals surface area contributed by atoms with E-state index in [1.807, 2.05) is 47.9 Å². The average molecular weight is 573 g/mol. The van der Waals surface area contributed by atoms with Gasteiger partial charge in [-0.05, 0) is 102 Å². The van der Waals surface area contributed by atoms with Crippen LogP contribution in [-0.4, -0.2) is 63.1 Å². The number of rotatable bonds is 7. The summed E-state index contributed by atoms with van der Waals surface area (Å²) >= 11 is 0. The Bertz CT molecular complexity index is 1440. The normalized spacial score (nSPS) is 31.0. The van der Waals surface area contributed by atoms with Crippen LogP contribution in [0.2, 0.25) is 0 Å². The van der Waals surface area contributed by atoms with E-state index < -0.39 is 0 Å².